The van der Waals surface area contributed by atoms with Gasteiger partial charge in [0.15, 0.2) is 11.5 Å². The van der Waals surface area contributed by atoms with Gasteiger partial charge in [0.05, 0.1) is 42.9 Å². The molecule has 2 atom stereocenters. The third-order valence-electron chi connectivity index (χ3n) is 5.60. The monoisotopic (exact) mass is 377 g/mol. The molecule has 142 valence electrons. The van der Waals surface area contributed by atoms with Crippen LogP contribution < -0.4 is 4.90 Å². The minimum Gasteiger partial charge on any atom is -0.371 e. The summed E-state index contributed by atoms with van der Waals surface area (Å²) in [5.74, 6) is 0.847. The first-order valence-electron chi connectivity index (χ1n) is 9.40. The fraction of sp³-hybridized carbons (Fsp3) is 0.368. The molecule has 28 heavy (non-hydrogen) atoms. The zero-order valence-electron chi connectivity index (χ0n) is 15.1. The second kappa shape index (κ2) is 6.25. The number of H-pyrrole nitrogens is 1. The van der Waals surface area contributed by atoms with E-state index < -0.39 is 0 Å². The Bertz CT molecular complexity index is 1120. The molecule has 2 saturated heterocycles. The van der Waals surface area contributed by atoms with Crippen LogP contribution in [-0.4, -0.2) is 68.0 Å². The van der Waals surface area contributed by atoms with Gasteiger partial charge in [-0.25, -0.2) is 19.9 Å². The van der Waals surface area contributed by atoms with Crippen LogP contribution in [0.25, 0.3) is 22.2 Å². The minimum absolute atomic E-state index is 0.00715. The third kappa shape index (κ3) is 2.47. The lowest BCUT2D eigenvalue weighted by atomic mass is 10.2. The molecule has 6 rings (SSSR count). The Morgan fingerprint density at radius 1 is 0.964 bits per heavy atom. The van der Waals surface area contributed by atoms with Crippen molar-refractivity contribution in [2.45, 2.75) is 18.2 Å². The van der Waals surface area contributed by atoms with Crippen molar-refractivity contribution in [1.82, 2.24) is 29.5 Å². The highest BCUT2D eigenvalue weighted by atomic mass is 16.6. The SMILES string of the molecule is c1ccc2c(c1)ncn2C1CO[C@H]2CN(c3ncnc4nc[nH]c34)C[C@@H]2OC1. The van der Waals surface area contributed by atoms with Gasteiger partial charge >= 0.3 is 0 Å². The first-order valence-corrected chi connectivity index (χ1v) is 9.40. The molecular weight excluding hydrogens is 358 g/mol. The number of benzene rings is 1. The number of rotatable bonds is 2. The molecule has 1 aromatic carbocycles. The number of imidazole rings is 2. The van der Waals surface area contributed by atoms with Gasteiger partial charge in [-0.3, -0.25) is 0 Å². The zero-order valence-corrected chi connectivity index (χ0v) is 15.1. The molecule has 4 aromatic rings. The molecule has 0 spiro atoms. The summed E-state index contributed by atoms with van der Waals surface area (Å²) in [7, 11) is 0. The summed E-state index contributed by atoms with van der Waals surface area (Å²) < 4.78 is 14.7. The van der Waals surface area contributed by atoms with Crippen LogP contribution in [0.4, 0.5) is 5.82 Å². The highest BCUT2D eigenvalue weighted by molar-refractivity contribution is 5.82. The third-order valence-corrected chi connectivity index (χ3v) is 5.60. The predicted molar refractivity (Wildman–Crippen MR) is 102 cm³/mol. The maximum Gasteiger partial charge on any atom is 0.182 e. The van der Waals surface area contributed by atoms with E-state index >= 15 is 0 Å². The summed E-state index contributed by atoms with van der Waals surface area (Å²) in [6.07, 6.45) is 5.09. The standard InChI is InChI=1S/C19H19N7O2/c1-2-4-14-13(3-1)24-11-26(14)12-7-27-15-5-25(6-16(15)28-8-12)19-17-18(21-9-20-17)22-10-23-19/h1-4,9-12,15-16H,5-8H2,(H,20,21,22,23)/t15-,16-/m0/s1. The fourth-order valence-corrected chi connectivity index (χ4v) is 4.18. The molecule has 9 heteroatoms. The molecule has 0 radical (unpaired) electrons. The number of anilines is 1. The van der Waals surface area contributed by atoms with Gasteiger partial charge in [0.1, 0.15) is 24.1 Å². The van der Waals surface area contributed by atoms with Crippen LogP contribution in [0.3, 0.4) is 0 Å². The van der Waals surface area contributed by atoms with E-state index in [0.29, 0.717) is 18.9 Å². The van der Waals surface area contributed by atoms with Gasteiger partial charge < -0.3 is 23.9 Å². The van der Waals surface area contributed by atoms with E-state index in [4.69, 9.17) is 9.47 Å². The van der Waals surface area contributed by atoms with Gasteiger partial charge in [-0.2, -0.15) is 0 Å². The lowest BCUT2D eigenvalue weighted by Gasteiger charge is -2.20. The highest BCUT2D eigenvalue weighted by Crippen LogP contribution is 2.30. The zero-order chi connectivity index (χ0) is 18.5. The van der Waals surface area contributed by atoms with E-state index in [0.717, 1.165) is 35.5 Å². The molecule has 0 unspecified atom stereocenters. The lowest BCUT2D eigenvalue weighted by Crippen LogP contribution is -2.27. The summed E-state index contributed by atoms with van der Waals surface area (Å²) in [5, 5.41) is 0. The number of nitrogens with one attached hydrogen (secondary N) is 1. The molecule has 0 aliphatic carbocycles. The molecule has 0 saturated carbocycles. The van der Waals surface area contributed by atoms with Crippen LogP contribution in [0.5, 0.6) is 0 Å². The van der Waals surface area contributed by atoms with Crippen molar-refractivity contribution in [3.05, 3.63) is 43.2 Å². The highest BCUT2D eigenvalue weighted by Gasteiger charge is 2.39. The van der Waals surface area contributed by atoms with E-state index in [1.54, 1.807) is 12.7 Å². The summed E-state index contributed by atoms with van der Waals surface area (Å²) >= 11 is 0. The van der Waals surface area contributed by atoms with Crippen molar-refractivity contribution in [2.75, 3.05) is 31.2 Å². The average molecular weight is 377 g/mol. The van der Waals surface area contributed by atoms with Crippen molar-refractivity contribution in [1.29, 1.82) is 0 Å². The Kier molecular flexibility index (Phi) is 3.56. The molecule has 0 amide bonds. The summed E-state index contributed by atoms with van der Waals surface area (Å²) in [6, 6.07) is 8.26. The minimum atomic E-state index is 0.00715. The van der Waals surface area contributed by atoms with E-state index in [-0.39, 0.29) is 18.2 Å². The maximum absolute atomic E-state index is 6.27. The van der Waals surface area contributed by atoms with Gasteiger partial charge in [-0.1, -0.05) is 12.1 Å². The van der Waals surface area contributed by atoms with E-state index in [1.165, 1.54) is 0 Å². The molecule has 9 nitrogen and oxygen atoms in total. The smallest absolute Gasteiger partial charge is 0.182 e. The molecule has 5 heterocycles. The topological polar surface area (TPSA) is 94.0 Å². The van der Waals surface area contributed by atoms with Gasteiger partial charge in [-0.15, -0.1) is 0 Å². The summed E-state index contributed by atoms with van der Waals surface area (Å²) in [6.45, 7) is 2.65. The van der Waals surface area contributed by atoms with Gasteiger partial charge in [0.25, 0.3) is 0 Å². The number of nitrogens with zero attached hydrogens (tertiary/aromatic N) is 6. The normalized spacial score (nSPS) is 23.4. The van der Waals surface area contributed by atoms with Gasteiger partial charge in [0, 0.05) is 13.1 Å². The van der Waals surface area contributed by atoms with E-state index in [1.807, 2.05) is 24.5 Å². The molecule has 2 aliphatic rings. The molecule has 2 aliphatic heterocycles. The summed E-state index contributed by atoms with van der Waals surface area (Å²) in [5.41, 5.74) is 3.62. The number of ether oxygens (including phenoxy) is 2. The first-order chi connectivity index (χ1) is 13.9. The number of aromatic amines is 1. The van der Waals surface area contributed by atoms with Crippen molar-refractivity contribution >= 4 is 28.0 Å². The molecule has 3 aromatic heterocycles. The van der Waals surface area contributed by atoms with Crippen LogP contribution in [0.15, 0.2) is 43.2 Å². The fourth-order valence-electron chi connectivity index (χ4n) is 4.18. The first kappa shape index (κ1) is 16.0. The van der Waals surface area contributed by atoms with Crippen molar-refractivity contribution in [2.24, 2.45) is 0 Å². The second-order valence-corrected chi connectivity index (χ2v) is 7.24. The van der Waals surface area contributed by atoms with Crippen LogP contribution in [0.1, 0.15) is 6.04 Å². The molecule has 2 fully saturated rings. The van der Waals surface area contributed by atoms with E-state index in [2.05, 4.69) is 40.5 Å². The van der Waals surface area contributed by atoms with Crippen molar-refractivity contribution in [3.63, 3.8) is 0 Å². The number of hydrogen-bond donors (Lipinski definition) is 1. The lowest BCUT2D eigenvalue weighted by molar-refractivity contribution is -0.00461. The quantitative estimate of drug-likeness (QED) is 0.566. The molecule has 0 bridgehead atoms. The van der Waals surface area contributed by atoms with Crippen LogP contribution in [0.2, 0.25) is 0 Å². The van der Waals surface area contributed by atoms with Crippen LogP contribution in [-0.2, 0) is 9.47 Å². The molecular formula is C19H19N7O2. The van der Waals surface area contributed by atoms with E-state index in [9.17, 15) is 0 Å². The van der Waals surface area contributed by atoms with Gasteiger partial charge in [-0.05, 0) is 12.1 Å². The second-order valence-electron chi connectivity index (χ2n) is 7.24. The van der Waals surface area contributed by atoms with Gasteiger partial charge in [0.2, 0.25) is 0 Å². The average Bonchev–Trinajstić information content (AvgIpc) is 3.44. The molecule has 1 N–H and O–H groups in total. The Morgan fingerprint density at radius 3 is 2.64 bits per heavy atom. The maximum atomic E-state index is 6.27. The Morgan fingerprint density at radius 2 is 1.79 bits per heavy atom. The number of fused-ring (bicyclic) bond motifs is 3. The Hall–Kier alpha value is -3.04. The Balaban J connectivity index is 1.22. The van der Waals surface area contributed by atoms with Crippen molar-refractivity contribution < 1.29 is 9.47 Å². The number of aromatic nitrogens is 6. The number of hydrogen-bond acceptors (Lipinski definition) is 7. The summed E-state index contributed by atoms with van der Waals surface area (Å²) in [4.78, 5) is 22.7. The largest absolute Gasteiger partial charge is 0.371 e. The van der Waals surface area contributed by atoms with Crippen LogP contribution in [0, 0.1) is 0 Å². The predicted octanol–water partition coefficient (Wildman–Crippen LogP) is 1.55. The van der Waals surface area contributed by atoms with Crippen molar-refractivity contribution in [3.8, 4) is 0 Å². The Labute approximate surface area is 160 Å². The number of para-hydroxylation sites is 2. The van der Waals surface area contributed by atoms with Crippen LogP contribution >= 0.6 is 0 Å².